The fourth-order valence-corrected chi connectivity index (χ4v) is 11.1. The molecule has 0 amide bonds. The molecule has 0 unspecified atom stereocenters. The fourth-order valence-electron chi connectivity index (χ4n) is 2.68. The van der Waals surface area contributed by atoms with Crippen LogP contribution in [0.3, 0.4) is 0 Å². The Bertz CT molecular complexity index is 722. The predicted molar refractivity (Wildman–Crippen MR) is 121 cm³/mol. The second-order valence-corrected chi connectivity index (χ2v) is 15.4. The van der Waals surface area contributed by atoms with Crippen molar-refractivity contribution < 1.29 is 9.90 Å². The molecule has 1 atom stereocenters. The van der Waals surface area contributed by atoms with E-state index in [9.17, 15) is 4.79 Å². The van der Waals surface area contributed by atoms with Crippen molar-refractivity contribution >= 4 is 51.4 Å². The SMILES string of the molecule is C[Se]CC[C@H](N)C(=O)O.c1cc[c]([Sn]([c]2ccccc2)[c]2ccccc2)cc1. The summed E-state index contributed by atoms with van der Waals surface area (Å²) in [5.41, 5.74) is 5.21. The molecule has 0 fully saturated rings. The van der Waals surface area contributed by atoms with E-state index in [1.54, 1.807) is 0 Å². The maximum atomic E-state index is 10.1. The van der Waals surface area contributed by atoms with Gasteiger partial charge in [-0.3, -0.25) is 0 Å². The Morgan fingerprint density at radius 3 is 1.50 bits per heavy atom. The van der Waals surface area contributed by atoms with Crippen LogP contribution in [0.4, 0.5) is 0 Å². The van der Waals surface area contributed by atoms with E-state index in [-0.39, 0.29) is 0 Å². The average molecular weight is 546 g/mol. The van der Waals surface area contributed by atoms with Crippen molar-refractivity contribution in [3.8, 4) is 0 Å². The van der Waals surface area contributed by atoms with Gasteiger partial charge in [-0.1, -0.05) is 0 Å². The molecule has 3 rings (SSSR count). The Balaban J connectivity index is 0.000000266. The summed E-state index contributed by atoms with van der Waals surface area (Å²) in [5.74, 6) is 1.18. The van der Waals surface area contributed by atoms with Crippen molar-refractivity contribution in [2.45, 2.75) is 23.6 Å². The molecule has 0 aromatic heterocycles. The summed E-state index contributed by atoms with van der Waals surface area (Å²) in [6.07, 6.45) is 0.617. The third kappa shape index (κ3) is 7.44. The number of nitrogens with two attached hydrogens (primary N) is 1. The van der Waals surface area contributed by atoms with Crippen molar-refractivity contribution in [1.29, 1.82) is 0 Å². The molecule has 1 radical (unpaired) electrons. The Morgan fingerprint density at radius 1 is 0.857 bits per heavy atom. The van der Waals surface area contributed by atoms with Gasteiger partial charge in [0.25, 0.3) is 0 Å². The molecule has 0 aliphatic rings. The van der Waals surface area contributed by atoms with Crippen molar-refractivity contribution in [2.75, 3.05) is 0 Å². The first kappa shape index (κ1) is 22.7. The zero-order valence-corrected chi connectivity index (χ0v) is 20.6. The molecule has 0 bridgehead atoms. The number of hydrogen-bond donors (Lipinski definition) is 2. The van der Waals surface area contributed by atoms with Gasteiger partial charge in [-0.05, 0) is 0 Å². The van der Waals surface area contributed by atoms with Crippen LogP contribution in [0.5, 0.6) is 0 Å². The van der Waals surface area contributed by atoms with Crippen LogP contribution >= 0.6 is 0 Å². The van der Waals surface area contributed by atoms with E-state index in [0.717, 1.165) is 5.32 Å². The number of hydrogen-bond acceptors (Lipinski definition) is 2. The second-order valence-electron chi connectivity index (χ2n) is 6.20. The first-order valence-corrected chi connectivity index (χ1v) is 16.3. The zero-order chi connectivity index (χ0) is 20.2. The van der Waals surface area contributed by atoms with Crippen LogP contribution in [0.15, 0.2) is 91.0 Å². The molecule has 0 heterocycles. The number of carboxylic acids is 1. The predicted octanol–water partition coefficient (Wildman–Crippen LogP) is 2.16. The van der Waals surface area contributed by atoms with E-state index >= 15 is 0 Å². The molecule has 3 aromatic carbocycles. The van der Waals surface area contributed by atoms with Crippen molar-refractivity contribution in [3.63, 3.8) is 0 Å². The molecule has 0 spiro atoms. The van der Waals surface area contributed by atoms with E-state index in [4.69, 9.17) is 10.8 Å². The quantitative estimate of drug-likeness (QED) is 0.447. The minimum atomic E-state index is -1.98. The molecular formula is C23H26NO2SeSn. The first-order chi connectivity index (χ1) is 13.6. The number of carbonyl (C=O) groups is 1. The summed E-state index contributed by atoms with van der Waals surface area (Å²) in [6, 6.07) is 32.3. The zero-order valence-electron chi connectivity index (χ0n) is 16.0. The maximum absolute atomic E-state index is 10.1. The average Bonchev–Trinajstić information content (AvgIpc) is 2.75. The number of aliphatic carboxylic acids is 1. The number of rotatable bonds is 7. The van der Waals surface area contributed by atoms with Crippen LogP contribution in [0.2, 0.25) is 11.1 Å². The van der Waals surface area contributed by atoms with Crippen LogP contribution in [-0.4, -0.2) is 51.8 Å². The van der Waals surface area contributed by atoms with Crippen molar-refractivity contribution in [2.24, 2.45) is 5.73 Å². The summed E-state index contributed by atoms with van der Waals surface area (Å²) < 4.78 is 4.59. The summed E-state index contributed by atoms with van der Waals surface area (Å²) in [7, 11) is 0. The number of benzene rings is 3. The molecule has 3 N–H and O–H groups in total. The van der Waals surface area contributed by atoms with E-state index in [1.807, 2.05) is 0 Å². The molecule has 145 valence electrons. The monoisotopic (exact) mass is 548 g/mol. The van der Waals surface area contributed by atoms with E-state index < -0.39 is 31.8 Å². The van der Waals surface area contributed by atoms with Gasteiger partial charge in [0, 0.05) is 0 Å². The Morgan fingerprint density at radius 2 is 1.21 bits per heavy atom. The van der Waals surface area contributed by atoms with Gasteiger partial charge in [-0.2, -0.15) is 0 Å². The molecule has 0 aliphatic carbocycles. The standard InChI is InChI=1S/3C6H5.C5H11NO2Se.Sn/c3*1-2-4-6-5-3-1;1-9-3-2-4(6)5(7)8;/h3*1-5H;4H,2-3,6H2,1H3,(H,7,8);/t;;;4-;/m...0./s1. The molecule has 0 saturated carbocycles. The summed E-state index contributed by atoms with van der Waals surface area (Å²) in [5, 5.41) is 9.25. The van der Waals surface area contributed by atoms with Crippen LogP contribution in [0, 0.1) is 0 Å². The molecule has 28 heavy (non-hydrogen) atoms. The van der Waals surface area contributed by atoms with Gasteiger partial charge in [0.2, 0.25) is 0 Å². The van der Waals surface area contributed by atoms with Crippen LogP contribution in [0.25, 0.3) is 0 Å². The summed E-state index contributed by atoms with van der Waals surface area (Å²) >= 11 is -1.43. The Kier molecular flexibility index (Phi) is 10.4. The van der Waals surface area contributed by atoms with Gasteiger partial charge in [-0.25, -0.2) is 0 Å². The van der Waals surface area contributed by atoms with Gasteiger partial charge < -0.3 is 0 Å². The van der Waals surface area contributed by atoms with Crippen LogP contribution in [-0.2, 0) is 4.79 Å². The van der Waals surface area contributed by atoms with Crippen LogP contribution in [0.1, 0.15) is 6.42 Å². The van der Waals surface area contributed by atoms with Gasteiger partial charge in [0.15, 0.2) is 0 Å². The molecule has 0 saturated heterocycles. The fraction of sp³-hybridized carbons (Fsp3) is 0.174. The molecule has 3 aromatic rings. The molecule has 5 heteroatoms. The summed E-state index contributed by atoms with van der Waals surface area (Å²) in [4.78, 5) is 10.1. The van der Waals surface area contributed by atoms with Crippen molar-refractivity contribution in [1.82, 2.24) is 0 Å². The number of carboxylic acid groups (broad SMARTS) is 1. The van der Waals surface area contributed by atoms with Gasteiger partial charge in [-0.15, -0.1) is 0 Å². The van der Waals surface area contributed by atoms with Crippen LogP contribution < -0.4 is 16.5 Å². The third-order valence-electron chi connectivity index (χ3n) is 4.14. The minimum absolute atomic E-state index is 0.549. The van der Waals surface area contributed by atoms with E-state index in [0.29, 0.717) is 21.4 Å². The second kappa shape index (κ2) is 12.8. The Hall–Kier alpha value is -1.59. The molecule has 0 aliphatic heterocycles. The van der Waals surface area contributed by atoms with Crippen molar-refractivity contribution in [3.05, 3.63) is 91.0 Å². The first-order valence-electron chi connectivity index (χ1n) is 9.14. The summed E-state index contributed by atoms with van der Waals surface area (Å²) in [6.45, 7) is 0. The van der Waals surface area contributed by atoms with Gasteiger partial charge in [0.1, 0.15) is 0 Å². The van der Waals surface area contributed by atoms with E-state index in [1.165, 1.54) is 10.7 Å². The molecule has 3 nitrogen and oxygen atoms in total. The van der Waals surface area contributed by atoms with E-state index in [2.05, 4.69) is 96.8 Å². The normalized spacial score (nSPS) is 11.4. The van der Waals surface area contributed by atoms with Gasteiger partial charge >= 0.3 is 182 Å². The topological polar surface area (TPSA) is 63.3 Å². The molecular weight excluding hydrogens is 520 g/mol. The third-order valence-corrected chi connectivity index (χ3v) is 13.3. The Labute approximate surface area is 180 Å². The van der Waals surface area contributed by atoms with Gasteiger partial charge in [0.05, 0.1) is 0 Å².